The van der Waals surface area contributed by atoms with E-state index in [0.717, 1.165) is 24.6 Å². The van der Waals surface area contributed by atoms with E-state index in [2.05, 4.69) is 23.6 Å². The lowest BCUT2D eigenvalue weighted by Crippen LogP contribution is -2.39. The van der Waals surface area contributed by atoms with Crippen molar-refractivity contribution < 1.29 is 9.53 Å². The van der Waals surface area contributed by atoms with E-state index < -0.39 is 0 Å². The van der Waals surface area contributed by atoms with E-state index in [-0.39, 0.29) is 11.9 Å². The molecule has 3 rings (SSSR count). The van der Waals surface area contributed by atoms with Gasteiger partial charge in [-0.15, -0.1) is 0 Å². The molecule has 21 heavy (non-hydrogen) atoms. The van der Waals surface area contributed by atoms with Gasteiger partial charge in [0, 0.05) is 31.3 Å². The van der Waals surface area contributed by atoms with E-state index in [1.165, 1.54) is 25.3 Å². The highest BCUT2D eigenvalue weighted by Crippen LogP contribution is 2.39. The molecule has 1 amide bonds. The zero-order chi connectivity index (χ0) is 14.8. The molecule has 3 atom stereocenters. The minimum atomic E-state index is -0.0363. The molecule has 114 valence electrons. The Hall–Kier alpha value is -1.39. The number of rotatable bonds is 5. The standard InChI is InChI=1S/C17H24N2O2/c1-11(14-4-3-5-15(10-14)19-12(2)20)18-16-8-9-21-17(16)13-6-7-13/h3-5,10-11,13,16-18H,6-9H2,1-2H3,(H,19,20). The minimum absolute atomic E-state index is 0.0363. The van der Waals surface area contributed by atoms with E-state index in [1.54, 1.807) is 0 Å². The summed E-state index contributed by atoms with van der Waals surface area (Å²) >= 11 is 0. The van der Waals surface area contributed by atoms with Crippen LogP contribution >= 0.6 is 0 Å². The SMILES string of the molecule is CC(=O)Nc1cccc(C(C)NC2CCOC2C2CC2)c1. The third-order valence-corrected chi connectivity index (χ3v) is 4.39. The van der Waals surface area contributed by atoms with Gasteiger partial charge in [-0.3, -0.25) is 4.79 Å². The van der Waals surface area contributed by atoms with Crippen LogP contribution in [-0.4, -0.2) is 24.7 Å². The fraction of sp³-hybridized carbons (Fsp3) is 0.588. The first-order valence-electron chi connectivity index (χ1n) is 7.88. The molecule has 1 saturated carbocycles. The second kappa shape index (κ2) is 6.16. The van der Waals surface area contributed by atoms with Gasteiger partial charge in [-0.2, -0.15) is 0 Å². The molecule has 0 bridgehead atoms. The number of hydrogen-bond donors (Lipinski definition) is 2. The van der Waals surface area contributed by atoms with E-state index in [4.69, 9.17) is 4.74 Å². The van der Waals surface area contributed by atoms with Crippen LogP contribution in [0, 0.1) is 5.92 Å². The highest BCUT2D eigenvalue weighted by atomic mass is 16.5. The smallest absolute Gasteiger partial charge is 0.221 e. The van der Waals surface area contributed by atoms with Gasteiger partial charge in [0.1, 0.15) is 0 Å². The lowest BCUT2D eigenvalue weighted by atomic mass is 10.0. The predicted molar refractivity (Wildman–Crippen MR) is 83.2 cm³/mol. The Morgan fingerprint density at radius 2 is 2.14 bits per heavy atom. The van der Waals surface area contributed by atoms with Gasteiger partial charge in [0.2, 0.25) is 5.91 Å². The molecule has 1 aromatic carbocycles. The van der Waals surface area contributed by atoms with Crippen LogP contribution in [0.4, 0.5) is 5.69 Å². The number of ether oxygens (including phenoxy) is 1. The lowest BCUT2D eigenvalue weighted by molar-refractivity contribution is -0.114. The summed E-state index contributed by atoms with van der Waals surface area (Å²) in [5.41, 5.74) is 2.05. The Bertz CT molecular complexity index is 513. The summed E-state index contributed by atoms with van der Waals surface area (Å²) in [4.78, 5) is 11.2. The lowest BCUT2D eigenvalue weighted by Gasteiger charge is -2.24. The van der Waals surface area contributed by atoms with Crippen molar-refractivity contribution in [1.29, 1.82) is 0 Å². The molecule has 1 aliphatic carbocycles. The van der Waals surface area contributed by atoms with Crippen LogP contribution < -0.4 is 10.6 Å². The zero-order valence-electron chi connectivity index (χ0n) is 12.8. The van der Waals surface area contributed by atoms with Gasteiger partial charge in [0.25, 0.3) is 0 Å². The van der Waals surface area contributed by atoms with Gasteiger partial charge in [0.15, 0.2) is 0 Å². The van der Waals surface area contributed by atoms with Crippen molar-refractivity contribution in [1.82, 2.24) is 5.32 Å². The van der Waals surface area contributed by atoms with Crippen LogP contribution in [0.5, 0.6) is 0 Å². The number of nitrogens with one attached hydrogen (secondary N) is 2. The van der Waals surface area contributed by atoms with Gasteiger partial charge >= 0.3 is 0 Å². The molecule has 1 heterocycles. The highest BCUT2D eigenvalue weighted by Gasteiger charge is 2.40. The first-order valence-corrected chi connectivity index (χ1v) is 7.88. The summed E-state index contributed by atoms with van der Waals surface area (Å²) in [6.07, 6.45) is 4.12. The molecule has 2 aliphatic rings. The minimum Gasteiger partial charge on any atom is -0.376 e. The number of carbonyl (C=O) groups excluding carboxylic acids is 1. The Morgan fingerprint density at radius 1 is 1.33 bits per heavy atom. The maximum absolute atomic E-state index is 11.2. The second-order valence-electron chi connectivity index (χ2n) is 6.26. The fourth-order valence-electron chi connectivity index (χ4n) is 3.19. The van der Waals surface area contributed by atoms with Crippen molar-refractivity contribution >= 4 is 11.6 Å². The molecule has 3 unspecified atom stereocenters. The van der Waals surface area contributed by atoms with E-state index in [1.807, 2.05) is 18.2 Å². The molecule has 1 aromatic rings. The Kier molecular flexibility index (Phi) is 4.27. The average molecular weight is 288 g/mol. The normalized spacial score (nSPS) is 26.6. The van der Waals surface area contributed by atoms with Crippen LogP contribution in [0.3, 0.4) is 0 Å². The molecule has 4 heteroatoms. The molecule has 1 aliphatic heterocycles. The molecular weight excluding hydrogens is 264 g/mol. The van der Waals surface area contributed by atoms with Crippen molar-refractivity contribution in [2.45, 2.75) is 51.3 Å². The predicted octanol–water partition coefficient (Wildman–Crippen LogP) is 2.86. The fourth-order valence-corrected chi connectivity index (χ4v) is 3.19. The monoisotopic (exact) mass is 288 g/mol. The van der Waals surface area contributed by atoms with Gasteiger partial charge in [-0.05, 0) is 49.8 Å². The topological polar surface area (TPSA) is 50.4 Å². The summed E-state index contributed by atoms with van der Waals surface area (Å²) in [6.45, 7) is 4.58. The summed E-state index contributed by atoms with van der Waals surface area (Å²) in [5.74, 6) is 0.730. The first kappa shape index (κ1) is 14.5. The quantitative estimate of drug-likeness (QED) is 0.876. The van der Waals surface area contributed by atoms with Gasteiger partial charge < -0.3 is 15.4 Å². The average Bonchev–Trinajstić information content (AvgIpc) is 3.19. The Labute approximate surface area is 126 Å². The highest BCUT2D eigenvalue weighted by molar-refractivity contribution is 5.88. The van der Waals surface area contributed by atoms with Crippen molar-refractivity contribution in [3.8, 4) is 0 Å². The summed E-state index contributed by atoms with van der Waals surface area (Å²) < 4.78 is 5.88. The number of anilines is 1. The number of hydrogen-bond acceptors (Lipinski definition) is 3. The third-order valence-electron chi connectivity index (χ3n) is 4.39. The van der Waals surface area contributed by atoms with Crippen molar-refractivity contribution in [3.63, 3.8) is 0 Å². The van der Waals surface area contributed by atoms with Crippen LogP contribution in [-0.2, 0) is 9.53 Å². The molecule has 0 spiro atoms. The van der Waals surface area contributed by atoms with Crippen LogP contribution in [0.2, 0.25) is 0 Å². The summed E-state index contributed by atoms with van der Waals surface area (Å²) in [5, 5.41) is 6.55. The molecular formula is C17H24N2O2. The van der Waals surface area contributed by atoms with Crippen LogP contribution in [0.15, 0.2) is 24.3 Å². The van der Waals surface area contributed by atoms with Crippen LogP contribution in [0.1, 0.15) is 44.7 Å². The molecule has 4 nitrogen and oxygen atoms in total. The maximum Gasteiger partial charge on any atom is 0.221 e. The summed E-state index contributed by atoms with van der Waals surface area (Å²) in [6, 6.07) is 8.76. The van der Waals surface area contributed by atoms with Gasteiger partial charge in [-0.1, -0.05) is 12.1 Å². The maximum atomic E-state index is 11.2. The number of amides is 1. The molecule has 0 radical (unpaired) electrons. The van der Waals surface area contributed by atoms with E-state index in [0.29, 0.717) is 12.1 Å². The van der Waals surface area contributed by atoms with Crippen molar-refractivity contribution in [2.75, 3.05) is 11.9 Å². The van der Waals surface area contributed by atoms with Crippen molar-refractivity contribution in [2.24, 2.45) is 5.92 Å². The molecule has 1 saturated heterocycles. The molecule has 0 aromatic heterocycles. The molecule has 2 fully saturated rings. The Balaban J connectivity index is 1.64. The van der Waals surface area contributed by atoms with Crippen LogP contribution in [0.25, 0.3) is 0 Å². The Morgan fingerprint density at radius 3 is 2.86 bits per heavy atom. The zero-order valence-corrected chi connectivity index (χ0v) is 12.8. The van der Waals surface area contributed by atoms with E-state index in [9.17, 15) is 4.79 Å². The van der Waals surface area contributed by atoms with E-state index >= 15 is 0 Å². The van der Waals surface area contributed by atoms with Gasteiger partial charge in [-0.25, -0.2) is 0 Å². The second-order valence-corrected chi connectivity index (χ2v) is 6.26. The number of carbonyl (C=O) groups is 1. The largest absolute Gasteiger partial charge is 0.376 e. The van der Waals surface area contributed by atoms with Crippen molar-refractivity contribution in [3.05, 3.63) is 29.8 Å². The molecule has 2 N–H and O–H groups in total. The first-order chi connectivity index (χ1) is 10.1. The summed E-state index contributed by atoms with van der Waals surface area (Å²) in [7, 11) is 0. The third kappa shape index (κ3) is 3.63. The number of benzene rings is 1. The van der Waals surface area contributed by atoms with Gasteiger partial charge in [0.05, 0.1) is 6.10 Å².